The molecular weight excluding hydrogens is 342 g/mol. The van der Waals surface area contributed by atoms with E-state index in [2.05, 4.69) is 19.9 Å². The number of rotatable bonds is 4. The van der Waals surface area contributed by atoms with E-state index in [4.69, 9.17) is 4.74 Å². The van der Waals surface area contributed by atoms with E-state index in [1.54, 1.807) is 35.8 Å². The van der Waals surface area contributed by atoms with Crippen LogP contribution < -0.4 is 4.74 Å². The minimum absolute atomic E-state index is 0.109. The third-order valence-corrected chi connectivity index (χ3v) is 4.48. The maximum absolute atomic E-state index is 12.6. The number of aromatic nitrogens is 4. The van der Waals surface area contributed by atoms with Gasteiger partial charge in [0.05, 0.1) is 11.9 Å². The molecule has 4 rings (SSSR count). The van der Waals surface area contributed by atoms with Crippen molar-refractivity contribution >= 4 is 5.91 Å². The fraction of sp³-hybridized carbons (Fsp3) is 0.250. The predicted octanol–water partition coefficient (Wildman–Crippen LogP) is 3.08. The summed E-state index contributed by atoms with van der Waals surface area (Å²) in [5.41, 5.74) is 0.829. The molecule has 0 radical (unpaired) electrons. The molecule has 136 valence electrons. The average molecular weight is 361 g/mol. The Morgan fingerprint density at radius 3 is 2.70 bits per heavy atom. The van der Waals surface area contributed by atoms with Crippen LogP contribution in [0.5, 0.6) is 11.6 Å². The zero-order valence-electron chi connectivity index (χ0n) is 14.7. The molecule has 1 aliphatic rings. The van der Waals surface area contributed by atoms with E-state index >= 15 is 0 Å². The van der Waals surface area contributed by atoms with Gasteiger partial charge in [0.25, 0.3) is 5.91 Å². The molecule has 0 saturated carbocycles. The summed E-state index contributed by atoms with van der Waals surface area (Å²) in [6.07, 6.45) is 8.35. The Balaban J connectivity index is 1.48. The predicted molar refractivity (Wildman–Crippen MR) is 98.5 cm³/mol. The third-order valence-electron chi connectivity index (χ3n) is 4.48. The average Bonchev–Trinajstić information content (AvgIpc) is 2.75. The Morgan fingerprint density at radius 1 is 1.07 bits per heavy atom. The van der Waals surface area contributed by atoms with Crippen LogP contribution in [0, 0.1) is 0 Å². The number of nitrogens with zero attached hydrogens (tertiary/aromatic N) is 5. The zero-order chi connectivity index (χ0) is 18.5. The Labute approximate surface area is 157 Å². The summed E-state index contributed by atoms with van der Waals surface area (Å²) in [7, 11) is 0. The van der Waals surface area contributed by atoms with Crippen molar-refractivity contribution in [3.63, 3.8) is 0 Å². The van der Waals surface area contributed by atoms with Gasteiger partial charge in [-0.1, -0.05) is 18.2 Å². The van der Waals surface area contributed by atoms with Crippen LogP contribution in [0.1, 0.15) is 35.1 Å². The first kappa shape index (κ1) is 17.1. The molecule has 1 amide bonds. The van der Waals surface area contributed by atoms with Crippen molar-refractivity contribution in [2.24, 2.45) is 0 Å². The van der Waals surface area contributed by atoms with E-state index in [0.29, 0.717) is 24.7 Å². The maximum Gasteiger partial charge on any atom is 0.291 e. The fourth-order valence-electron chi connectivity index (χ4n) is 3.17. The van der Waals surface area contributed by atoms with Crippen molar-refractivity contribution in [3.05, 3.63) is 72.7 Å². The Kier molecular flexibility index (Phi) is 5.00. The summed E-state index contributed by atoms with van der Waals surface area (Å²) in [6.45, 7) is 1.27. The highest BCUT2D eigenvalue weighted by Crippen LogP contribution is 2.27. The first-order valence-corrected chi connectivity index (χ1v) is 8.91. The number of carbonyl (C=O) groups excluding carboxylic acids is 1. The van der Waals surface area contributed by atoms with Gasteiger partial charge >= 0.3 is 0 Å². The van der Waals surface area contributed by atoms with Crippen LogP contribution in [-0.2, 0) is 0 Å². The molecule has 0 bridgehead atoms. The van der Waals surface area contributed by atoms with Gasteiger partial charge in [-0.2, -0.15) is 0 Å². The second-order valence-corrected chi connectivity index (χ2v) is 6.36. The number of hydrogen-bond acceptors (Lipinski definition) is 6. The van der Waals surface area contributed by atoms with E-state index in [1.807, 2.05) is 30.3 Å². The van der Waals surface area contributed by atoms with Crippen LogP contribution in [-0.4, -0.2) is 43.8 Å². The number of para-hydroxylation sites is 1. The molecule has 1 unspecified atom stereocenters. The van der Waals surface area contributed by atoms with Crippen LogP contribution in [0.25, 0.3) is 0 Å². The molecule has 27 heavy (non-hydrogen) atoms. The van der Waals surface area contributed by atoms with E-state index in [9.17, 15) is 4.79 Å². The lowest BCUT2D eigenvalue weighted by Crippen LogP contribution is -2.40. The standard InChI is InChI=1S/C20H19N5O2/c26-20(19-22-9-5-10-23-19)25-11-4-6-15(14-25)17-12-21-13-18(24-17)27-16-7-2-1-3-8-16/h1-3,5,7-10,12-13,15H,4,6,11,14H2. The summed E-state index contributed by atoms with van der Waals surface area (Å²) in [5, 5.41) is 0. The van der Waals surface area contributed by atoms with Gasteiger partial charge in [-0.25, -0.2) is 15.0 Å². The summed E-state index contributed by atoms with van der Waals surface area (Å²) in [4.78, 5) is 31.4. The topological polar surface area (TPSA) is 81.1 Å². The largest absolute Gasteiger partial charge is 0.437 e. The quantitative estimate of drug-likeness (QED) is 0.710. The second kappa shape index (κ2) is 7.90. The molecule has 1 aliphatic heterocycles. The van der Waals surface area contributed by atoms with Gasteiger partial charge in [-0.05, 0) is 31.0 Å². The molecule has 3 heterocycles. The third kappa shape index (κ3) is 4.08. The zero-order valence-corrected chi connectivity index (χ0v) is 14.7. The van der Waals surface area contributed by atoms with Crippen LogP contribution >= 0.6 is 0 Å². The highest BCUT2D eigenvalue weighted by Gasteiger charge is 2.28. The SMILES string of the molecule is O=C(c1ncccn1)N1CCCC(c2cncc(Oc3ccccc3)n2)C1. The number of carbonyl (C=O) groups is 1. The van der Waals surface area contributed by atoms with Gasteiger partial charge < -0.3 is 9.64 Å². The summed E-state index contributed by atoms with van der Waals surface area (Å²) >= 11 is 0. The lowest BCUT2D eigenvalue weighted by molar-refractivity contribution is 0.0693. The lowest BCUT2D eigenvalue weighted by Gasteiger charge is -2.31. The van der Waals surface area contributed by atoms with E-state index in [-0.39, 0.29) is 17.6 Å². The van der Waals surface area contributed by atoms with Crippen LogP contribution in [0.2, 0.25) is 0 Å². The molecule has 1 atom stereocenters. The summed E-state index contributed by atoms with van der Waals surface area (Å²) < 4.78 is 5.78. The van der Waals surface area contributed by atoms with Gasteiger partial charge in [-0.15, -0.1) is 0 Å². The van der Waals surface area contributed by atoms with Gasteiger partial charge in [0.15, 0.2) is 0 Å². The van der Waals surface area contributed by atoms with Gasteiger partial charge in [-0.3, -0.25) is 9.78 Å². The molecule has 7 heteroatoms. The highest BCUT2D eigenvalue weighted by atomic mass is 16.5. The number of likely N-dealkylation sites (tertiary alicyclic amines) is 1. The maximum atomic E-state index is 12.6. The van der Waals surface area contributed by atoms with Crippen LogP contribution in [0.15, 0.2) is 61.2 Å². The van der Waals surface area contributed by atoms with Crippen molar-refractivity contribution in [3.8, 4) is 11.6 Å². The van der Waals surface area contributed by atoms with E-state index in [0.717, 1.165) is 18.5 Å². The molecule has 2 aromatic heterocycles. The molecule has 1 aromatic carbocycles. The number of amides is 1. The van der Waals surface area contributed by atoms with Crippen molar-refractivity contribution in [1.29, 1.82) is 0 Å². The molecule has 3 aromatic rings. The van der Waals surface area contributed by atoms with E-state index in [1.165, 1.54) is 0 Å². The molecule has 1 fully saturated rings. The van der Waals surface area contributed by atoms with E-state index < -0.39 is 0 Å². The summed E-state index contributed by atoms with van der Waals surface area (Å²) in [5.74, 6) is 1.35. The monoisotopic (exact) mass is 361 g/mol. The first-order valence-electron chi connectivity index (χ1n) is 8.91. The molecule has 1 saturated heterocycles. The summed E-state index contributed by atoms with van der Waals surface area (Å²) in [6, 6.07) is 11.2. The molecule has 7 nitrogen and oxygen atoms in total. The lowest BCUT2D eigenvalue weighted by atomic mass is 9.95. The smallest absolute Gasteiger partial charge is 0.291 e. The van der Waals surface area contributed by atoms with Crippen molar-refractivity contribution in [2.45, 2.75) is 18.8 Å². The minimum Gasteiger partial charge on any atom is -0.437 e. The second-order valence-electron chi connectivity index (χ2n) is 6.36. The van der Waals surface area contributed by atoms with Gasteiger partial charge in [0, 0.05) is 37.6 Å². The molecule has 0 aliphatic carbocycles. The normalized spacial score (nSPS) is 16.7. The number of benzene rings is 1. The van der Waals surface area contributed by atoms with Crippen LogP contribution in [0.4, 0.5) is 0 Å². The van der Waals surface area contributed by atoms with Gasteiger partial charge in [0.1, 0.15) is 5.75 Å². The Bertz CT molecular complexity index is 905. The number of hydrogen-bond donors (Lipinski definition) is 0. The van der Waals surface area contributed by atoms with Crippen molar-refractivity contribution in [2.75, 3.05) is 13.1 Å². The molecule has 0 N–H and O–H groups in total. The van der Waals surface area contributed by atoms with Crippen molar-refractivity contribution in [1.82, 2.24) is 24.8 Å². The fourth-order valence-corrected chi connectivity index (χ4v) is 3.17. The number of piperidine rings is 1. The molecular formula is C20H19N5O2. The Hall–Kier alpha value is -3.35. The first-order chi connectivity index (χ1) is 13.3. The highest BCUT2D eigenvalue weighted by molar-refractivity contribution is 5.90. The van der Waals surface area contributed by atoms with Crippen molar-refractivity contribution < 1.29 is 9.53 Å². The minimum atomic E-state index is -0.148. The van der Waals surface area contributed by atoms with Crippen LogP contribution in [0.3, 0.4) is 0 Å². The molecule has 0 spiro atoms. The Morgan fingerprint density at radius 2 is 1.89 bits per heavy atom. The number of ether oxygens (including phenoxy) is 1. The van der Waals surface area contributed by atoms with Gasteiger partial charge in [0.2, 0.25) is 11.7 Å².